The van der Waals surface area contributed by atoms with Crippen molar-refractivity contribution >= 4 is 11.9 Å². The summed E-state index contributed by atoms with van der Waals surface area (Å²) >= 11 is 0. The number of anilines is 1. The van der Waals surface area contributed by atoms with Crippen LogP contribution in [0.15, 0.2) is 6.20 Å². The van der Waals surface area contributed by atoms with Gasteiger partial charge in [0.25, 0.3) is 0 Å². The van der Waals surface area contributed by atoms with Gasteiger partial charge in [0.05, 0.1) is 11.3 Å². The normalized spacial score (nSPS) is 16.1. The Bertz CT molecular complexity index is 441. The summed E-state index contributed by atoms with van der Waals surface area (Å²) < 4.78 is 0. The zero-order valence-electron chi connectivity index (χ0n) is 10.2. The van der Waals surface area contributed by atoms with Crippen molar-refractivity contribution in [1.29, 1.82) is 0 Å². The highest BCUT2D eigenvalue weighted by Crippen LogP contribution is 2.19. The van der Waals surface area contributed by atoms with Crippen LogP contribution in [0.4, 0.5) is 5.95 Å². The zero-order valence-corrected chi connectivity index (χ0v) is 10.2. The highest BCUT2D eigenvalue weighted by Gasteiger charge is 2.30. The van der Waals surface area contributed by atoms with Gasteiger partial charge in [-0.25, -0.2) is 14.8 Å². The summed E-state index contributed by atoms with van der Waals surface area (Å²) in [6.45, 7) is 3.47. The molecule has 0 aliphatic carbocycles. The number of rotatable bonds is 3. The fourth-order valence-electron chi connectivity index (χ4n) is 1.76. The predicted octanol–water partition coefficient (Wildman–Crippen LogP) is 0.233. The van der Waals surface area contributed by atoms with Crippen molar-refractivity contribution < 1.29 is 9.90 Å². The first-order valence-electron chi connectivity index (χ1n) is 5.47. The molecule has 1 aliphatic rings. The van der Waals surface area contributed by atoms with Gasteiger partial charge >= 0.3 is 5.97 Å². The van der Waals surface area contributed by atoms with Gasteiger partial charge in [-0.15, -0.1) is 0 Å². The second-order valence-electron chi connectivity index (χ2n) is 4.50. The molecule has 1 fully saturated rings. The predicted molar refractivity (Wildman–Crippen MR) is 63.4 cm³/mol. The van der Waals surface area contributed by atoms with Crippen LogP contribution in [0.25, 0.3) is 0 Å². The minimum absolute atomic E-state index is 0.165. The van der Waals surface area contributed by atoms with E-state index in [0.29, 0.717) is 17.7 Å². The van der Waals surface area contributed by atoms with Gasteiger partial charge in [0.15, 0.2) is 0 Å². The molecule has 2 heterocycles. The Morgan fingerprint density at radius 1 is 1.53 bits per heavy atom. The van der Waals surface area contributed by atoms with Crippen LogP contribution < -0.4 is 4.90 Å². The Morgan fingerprint density at radius 3 is 2.65 bits per heavy atom. The van der Waals surface area contributed by atoms with Gasteiger partial charge in [0.1, 0.15) is 0 Å². The second kappa shape index (κ2) is 4.29. The van der Waals surface area contributed by atoms with Gasteiger partial charge in [-0.05, 0) is 21.0 Å². The van der Waals surface area contributed by atoms with E-state index in [1.54, 1.807) is 6.92 Å². The summed E-state index contributed by atoms with van der Waals surface area (Å²) in [6, 6.07) is 0.526. The molecule has 0 amide bonds. The van der Waals surface area contributed by atoms with E-state index in [-0.39, 0.29) is 5.56 Å². The maximum atomic E-state index is 10.8. The van der Waals surface area contributed by atoms with Crippen LogP contribution >= 0.6 is 0 Å². The van der Waals surface area contributed by atoms with Crippen molar-refractivity contribution in [3.05, 3.63) is 17.5 Å². The second-order valence-corrected chi connectivity index (χ2v) is 4.50. The van der Waals surface area contributed by atoms with Crippen LogP contribution in [0.3, 0.4) is 0 Å². The number of carboxylic acids is 1. The van der Waals surface area contributed by atoms with E-state index in [4.69, 9.17) is 5.11 Å². The Balaban J connectivity index is 2.10. The lowest BCUT2D eigenvalue weighted by atomic mass is 10.1. The third-order valence-corrected chi connectivity index (χ3v) is 3.07. The minimum atomic E-state index is -0.983. The molecule has 0 spiro atoms. The number of hydrogen-bond acceptors (Lipinski definition) is 5. The average molecular weight is 236 g/mol. The van der Waals surface area contributed by atoms with Crippen molar-refractivity contribution in [3.8, 4) is 0 Å². The molecule has 1 aromatic rings. The molecule has 0 unspecified atom stereocenters. The number of likely N-dealkylation sites (N-methyl/N-ethyl adjacent to an activating group) is 1. The van der Waals surface area contributed by atoms with Gasteiger partial charge in [-0.3, -0.25) is 0 Å². The van der Waals surface area contributed by atoms with E-state index >= 15 is 0 Å². The third kappa shape index (κ3) is 2.21. The molecule has 1 N–H and O–H groups in total. The summed E-state index contributed by atoms with van der Waals surface area (Å²) in [4.78, 5) is 23.4. The number of hydrogen-bond donors (Lipinski definition) is 1. The molecule has 0 aromatic carbocycles. The van der Waals surface area contributed by atoms with Crippen LogP contribution in [0.5, 0.6) is 0 Å². The van der Waals surface area contributed by atoms with Crippen molar-refractivity contribution in [2.24, 2.45) is 0 Å². The quantitative estimate of drug-likeness (QED) is 0.810. The van der Waals surface area contributed by atoms with Gasteiger partial charge in [0.2, 0.25) is 5.95 Å². The molecule has 0 radical (unpaired) electrons. The third-order valence-electron chi connectivity index (χ3n) is 3.07. The van der Waals surface area contributed by atoms with Crippen molar-refractivity contribution in [1.82, 2.24) is 14.9 Å². The molecular weight excluding hydrogens is 220 g/mol. The first-order valence-corrected chi connectivity index (χ1v) is 5.47. The van der Waals surface area contributed by atoms with Crippen LogP contribution in [-0.4, -0.2) is 59.2 Å². The molecule has 2 rings (SSSR count). The highest BCUT2D eigenvalue weighted by atomic mass is 16.4. The van der Waals surface area contributed by atoms with Crippen LogP contribution in [0.2, 0.25) is 0 Å². The first-order chi connectivity index (χ1) is 7.99. The minimum Gasteiger partial charge on any atom is -0.478 e. The molecular formula is C11H16N4O2. The molecule has 17 heavy (non-hydrogen) atoms. The van der Waals surface area contributed by atoms with Gasteiger partial charge in [0, 0.05) is 25.3 Å². The average Bonchev–Trinajstić information content (AvgIpc) is 2.13. The molecule has 0 bridgehead atoms. The van der Waals surface area contributed by atoms with Gasteiger partial charge in [-0.2, -0.15) is 0 Å². The summed E-state index contributed by atoms with van der Waals surface area (Å²) in [5.41, 5.74) is 0.675. The van der Waals surface area contributed by atoms with Crippen molar-refractivity contribution in [3.63, 3.8) is 0 Å². The van der Waals surface area contributed by atoms with E-state index in [9.17, 15) is 4.79 Å². The molecule has 0 atom stereocenters. The molecule has 0 saturated carbocycles. The fourth-order valence-corrected chi connectivity index (χ4v) is 1.76. The maximum absolute atomic E-state index is 10.8. The SMILES string of the molecule is Cc1nc(N2CC(N(C)C)C2)ncc1C(=O)O. The molecule has 1 aliphatic heterocycles. The topological polar surface area (TPSA) is 69.6 Å². The lowest BCUT2D eigenvalue weighted by molar-refractivity contribution is 0.0695. The monoisotopic (exact) mass is 236 g/mol. The first kappa shape index (κ1) is 11.8. The smallest absolute Gasteiger partial charge is 0.339 e. The Hall–Kier alpha value is -1.69. The number of aromatic nitrogens is 2. The molecule has 1 aromatic heterocycles. The zero-order chi connectivity index (χ0) is 12.6. The van der Waals surface area contributed by atoms with E-state index in [0.717, 1.165) is 13.1 Å². The molecule has 6 heteroatoms. The summed E-state index contributed by atoms with van der Waals surface area (Å²) in [7, 11) is 4.09. The Labute approximate surface area is 99.9 Å². The van der Waals surface area contributed by atoms with Crippen LogP contribution in [-0.2, 0) is 0 Å². The number of nitrogens with zero attached hydrogens (tertiary/aromatic N) is 4. The molecule has 92 valence electrons. The summed E-state index contributed by atoms with van der Waals surface area (Å²) in [5, 5.41) is 8.88. The number of aryl methyl sites for hydroxylation is 1. The lowest BCUT2D eigenvalue weighted by Crippen LogP contribution is -2.58. The number of carboxylic acid groups (broad SMARTS) is 1. The molecule has 6 nitrogen and oxygen atoms in total. The van der Waals surface area contributed by atoms with E-state index in [2.05, 4.69) is 14.9 Å². The van der Waals surface area contributed by atoms with E-state index in [1.807, 2.05) is 19.0 Å². The van der Waals surface area contributed by atoms with Crippen LogP contribution in [0, 0.1) is 6.92 Å². The van der Waals surface area contributed by atoms with Crippen LogP contribution in [0.1, 0.15) is 16.1 Å². The van der Waals surface area contributed by atoms with Gasteiger partial charge < -0.3 is 14.9 Å². The standard InChI is InChI=1S/C11H16N4O2/c1-7-9(10(16)17)4-12-11(13-7)15-5-8(6-15)14(2)3/h4,8H,5-6H2,1-3H3,(H,16,17). The maximum Gasteiger partial charge on any atom is 0.339 e. The largest absolute Gasteiger partial charge is 0.478 e. The number of aromatic carboxylic acids is 1. The Morgan fingerprint density at radius 2 is 2.18 bits per heavy atom. The fraction of sp³-hybridized carbons (Fsp3) is 0.545. The van der Waals surface area contributed by atoms with Crippen molar-refractivity contribution in [2.75, 3.05) is 32.1 Å². The van der Waals surface area contributed by atoms with E-state index in [1.165, 1.54) is 6.20 Å². The highest BCUT2D eigenvalue weighted by molar-refractivity contribution is 5.88. The summed E-state index contributed by atoms with van der Waals surface area (Å²) in [5.74, 6) is -0.366. The van der Waals surface area contributed by atoms with E-state index < -0.39 is 5.97 Å². The summed E-state index contributed by atoms with van der Waals surface area (Å²) in [6.07, 6.45) is 1.38. The number of carbonyl (C=O) groups is 1. The van der Waals surface area contributed by atoms with Gasteiger partial charge in [-0.1, -0.05) is 0 Å². The molecule has 1 saturated heterocycles. The van der Waals surface area contributed by atoms with Crippen molar-refractivity contribution in [2.45, 2.75) is 13.0 Å². The lowest BCUT2D eigenvalue weighted by Gasteiger charge is -2.42. The Kier molecular flexibility index (Phi) is 2.97.